The Bertz CT molecular complexity index is 865. The second-order valence-corrected chi connectivity index (χ2v) is 3.90. The fourth-order valence-electron chi connectivity index (χ4n) is 1.62. The van der Waals surface area contributed by atoms with Crippen molar-refractivity contribution >= 4 is 12.2 Å². The average Bonchev–Trinajstić information content (AvgIpc) is 2.43. The molecular weight excluding hydrogens is 242 g/mol. The second-order valence-electron chi connectivity index (χ2n) is 3.90. The lowest BCUT2D eigenvalue weighted by molar-refractivity contribution is 1.00. The van der Waals surface area contributed by atoms with Crippen molar-refractivity contribution in [3.63, 3.8) is 0 Å². The number of nitrogens with zero attached hydrogens (tertiary/aromatic N) is 1. The van der Waals surface area contributed by atoms with Crippen LogP contribution in [0.25, 0.3) is 12.2 Å². The van der Waals surface area contributed by atoms with E-state index >= 15 is 0 Å². The highest BCUT2D eigenvalue weighted by Gasteiger charge is 1.95. The molecule has 0 amide bonds. The number of benzene rings is 1. The second kappa shape index (κ2) is 5.19. The fourth-order valence-corrected chi connectivity index (χ4v) is 1.62. The molecule has 94 valence electrons. The molecule has 0 spiro atoms. The lowest BCUT2D eigenvalue weighted by Crippen LogP contribution is -2.46. The number of rotatable bonds is 1. The summed E-state index contributed by atoms with van der Waals surface area (Å²) in [5.74, 6) is 0. The van der Waals surface area contributed by atoms with E-state index in [4.69, 9.17) is 5.26 Å². The van der Waals surface area contributed by atoms with E-state index in [1.165, 1.54) is 6.08 Å². The van der Waals surface area contributed by atoms with Crippen LogP contribution in [-0.4, -0.2) is 9.97 Å². The van der Waals surface area contributed by atoms with Gasteiger partial charge in [-0.15, -0.1) is 0 Å². The van der Waals surface area contributed by atoms with E-state index in [-0.39, 0.29) is 21.8 Å². The maximum Gasteiger partial charge on any atom is 0.272 e. The summed E-state index contributed by atoms with van der Waals surface area (Å²) in [7, 11) is 0. The van der Waals surface area contributed by atoms with Gasteiger partial charge in [0, 0.05) is 0 Å². The van der Waals surface area contributed by atoms with Crippen LogP contribution >= 0.6 is 0 Å². The number of nitriles is 1. The Morgan fingerprint density at radius 3 is 2.21 bits per heavy atom. The van der Waals surface area contributed by atoms with Gasteiger partial charge in [-0.05, 0) is 30.7 Å². The molecule has 0 aliphatic rings. The van der Waals surface area contributed by atoms with Gasteiger partial charge in [0.25, 0.3) is 11.1 Å². The molecule has 0 bridgehead atoms. The van der Waals surface area contributed by atoms with Crippen molar-refractivity contribution in [2.45, 2.75) is 6.92 Å². The van der Waals surface area contributed by atoms with Crippen molar-refractivity contribution in [2.75, 3.05) is 0 Å². The molecule has 0 unspecified atom stereocenters. The molecule has 0 fully saturated rings. The molecular formula is C14H11N3O2. The monoisotopic (exact) mass is 253 g/mol. The predicted octanol–water partition coefficient (Wildman–Crippen LogP) is -0.436. The van der Waals surface area contributed by atoms with Gasteiger partial charge in [-0.3, -0.25) is 9.59 Å². The highest BCUT2D eigenvalue weighted by molar-refractivity contribution is 5.49. The van der Waals surface area contributed by atoms with Crippen molar-refractivity contribution in [2.24, 2.45) is 0 Å². The molecule has 0 saturated carbocycles. The lowest BCUT2D eigenvalue weighted by atomic mass is 10.1. The summed E-state index contributed by atoms with van der Waals surface area (Å²) in [6.07, 6.45) is 3.09. The molecule has 0 atom stereocenters. The van der Waals surface area contributed by atoms with E-state index in [1.54, 1.807) is 37.3 Å². The van der Waals surface area contributed by atoms with E-state index in [2.05, 4.69) is 9.97 Å². The molecule has 0 aliphatic carbocycles. The van der Waals surface area contributed by atoms with E-state index in [1.807, 2.05) is 6.07 Å². The first-order valence-corrected chi connectivity index (χ1v) is 5.65. The first kappa shape index (κ1) is 12.6. The zero-order valence-corrected chi connectivity index (χ0v) is 10.2. The Hall–Kier alpha value is -2.87. The maximum atomic E-state index is 11.7. The summed E-state index contributed by atoms with van der Waals surface area (Å²) < 4.78 is 0. The van der Waals surface area contributed by atoms with Crippen molar-refractivity contribution in [3.05, 3.63) is 66.8 Å². The minimum Gasteiger partial charge on any atom is -0.316 e. The third-order valence-electron chi connectivity index (χ3n) is 2.63. The number of aromatic nitrogens is 2. The molecule has 0 radical (unpaired) electrons. The van der Waals surface area contributed by atoms with Crippen LogP contribution in [0.3, 0.4) is 0 Å². The molecule has 1 aromatic heterocycles. The molecule has 0 saturated heterocycles. The van der Waals surface area contributed by atoms with Gasteiger partial charge in [-0.1, -0.05) is 18.2 Å². The molecule has 5 heteroatoms. The van der Waals surface area contributed by atoms with Crippen LogP contribution in [-0.2, 0) is 0 Å². The normalized spacial score (nSPS) is 12.4. The summed E-state index contributed by atoms with van der Waals surface area (Å²) in [4.78, 5) is 28.4. The molecule has 2 rings (SSSR count). The summed E-state index contributed by atoms with van der Waals surface area (Å²) in [6, 6.07) is 8.71. The van der Waals surface area contributed by atoms with Crippen molar-refractivity contribution < 1.29 is 0 Å². The highest BCUT2D eigenvalue weighted by atomic mass is 16.1. The molecule has 2 N–H and O–H groups in total. The van der Waals surface area contributed by atoms with Crippen molar-refractivity contribution in [1.82, 2.24) is 9.97 Å². The van der Waals surface area contributed by atoms with Gasteiger partial charge in [-0.2, -0.15) is 5.26 Å². The van der Waals surface area contributed by atoms with Crippen LogP contribution in [0.1, 0.15) is 18.1 Å². The smallest absolute Gasteiger partial charge is 0.272 e. The van der Waals surface area contributed by atoms with Crippen LogP contribution in [0.2, 0.25) is 0 Å². The topological polar surface area (TPSA) is 89.5 Å². The zero-order chi connectivity index (χ0) is 13.8. The largest absolute Gasteiger partial charge is 0.316 e. The number of hydrogen-bond acceptors (Lipinski definition) is 3. The fraction of sp³-hybridized carbons (Fsp3) is 0.0714. The Balaban J connectivity index is 2.62. The van der Waals surface area contributed by atoms with Crippen molar-refractivity contribution in [3.8, 4) is 6.07 Å². The van der Waals surface area contributed by atoms with Gasteiger partial charge in [0.1, 0.15) is 10.7 Å². The average molecular weight is 253 g/mol. The van der Waals surface area contributed by atoms with E-state index in [9.17, 15) is 9.59 Å². The Morgan fingerprint density at radius 2 is 1.63 bits per heavy atom. The van der Waals surface area contributed by atoms with E-state index in [0.717, 1.165) is 5.56 Å². The highest BCUT2D eigenvalue weighted by Crippen LogP contribution is 2.02. The molecule has 5 nitrogen and oxygen atoms in total. The Morgan fingerprint density at radius 1 is 1.05 bits per heavy atom. The van der Waals surface area contributed by atoms with Crippen LogP contribution in [0.4, 0.5) is 0 Å². The van der Waals surface area contributed by atoms with E-state index < -0.39 is 0 Å². The molecule has 1 aromatic carbocycles. The third kappa shape index (κ3) is 2.69. The Labute approximate surface area is 108 Å². The minimum atomic E-state index is -0.364. The van der Waals surface area contributed by atoms with Gasteiger partial charge in [-0.25, -0.2) is 0 Å². The summed E-state index contributed by atoms with van der Waals surface area (Å²) in [6.45, 7) is 1.67. The molecule has 1 heterocycles. The quantitative estimate of drug-likeness (QED) is 0.722. The zero-order valence-electron chi connectivity index (χ0n) is 10.2. The summed E-state index contributed by atoms with van der Waals surface area (Å²) in [5, 5.41) is 9.11. The van der Waals surface area contributed by atoms with E-state index in [0.29, 0.717) is 5.56 Å². The van der Waals surface area contributed by atoms with Gasteiger partial charge in [0.05, 0.1) is 11.6 Å². The lowest BCUT2D eigenvalue weighted by Gasteiger charge is -1.93. The first-order valence-electron chi connectivity index (χ1n) is 5.65. The SMILES string of the molecule is CC=c1[nH]c(=O)c(=Cc2ccc(C#N)cc2)[nH]c1=O. The summed E-state index contributed by atoms with van der Waals surface area (Å²) in [5.41, 5.74) is 0.558. The molecule has 19 heavy (non-hydrogen) atoms. The third-order valence-corrected chi connectivity index (χ3v) is 2.63. The van der Waals surface area contributed by atoms with Crippen LogP contribution < -0.4 is 21.8 Å². The minimum absolute atomic E-state index is 0.181. The van der Waals surface area contributed by atoms with Crippen LogP contribution in [0, 0.1) is 11.3 Å². The van der Waals surface area contributed by atoms with Crippen molar-refractivity contribution in [1.29, 1.82) is 5.26 Å². The number of aromatic amines is 2. The first-order chi connectivity index (χ1) is 9.13. The molecule has 0 aliphatic heterocycles. The Kier molecular flexibility index (Phi) is 3.44. The van der Waals surface area contributed by atoms with Crippen LogP contribution in [0.15, 0.2) is 33.9 Å². The number of nitrogens with one attached hydrogen (secondary N) is 2. The maximum absolute atomic E-state index is 11.7. The van der Waals surface area contributed by atoms with Gasteiger partial charge in [0.15, 0.2) is 0 Å². The summed E-state index contributed by atoms with van der Waals surface area (Å²) >= 11 is 0. The predicted molar refractivity (Wildman–Crippen MR) is 71.8 cm³/mol. The molecule has 2 aromatic rings. The number of hydrogen-bond donors (Lipinski definition) is 2. The van der Waals surface area contributed by atoms with Crippen LogP contribution in [0.5, 0.6) is 0 Å². The van der Waals surface area contributed by atoms with Gasteiger partial charge >= 0.3 is 0 Å². The standard InChI is InChI=1S/C14H11N3O2/c1-2-11-13(18)17-12(14(19)16-11)7-9-3-5-10(8-15)6-4-9/h2-7H,1H3,(H,16,19)(H,17,18). The number of H-pyrrole nitrogens is 2. The van der Waals surface area contributed by atoms with Gasteiger partial charge in [0.2, 0.25) is 0 Å². The van der Waals surface area contributed by atoms with Gasteiger partial charge < -0.3 is 9.97 Å².